The molecule has 2 heterocycles. The maximum atomic E-state index is 13.6. The molecular weight excluding hydrogens is 343 g/mol. The van der Waals surface area contributed by atoms with E-state index in [-0.39, 0.29) is 17.8 Å². The Balaban J connectivity index is 1.51. The van der Waals surface area contributed by atoms with Gasteiger partial charge in [-0.15, -0.1) is 0 Å². The largest absolute Gasteiger partial charge is 0.331 e. The molecule has 1 aliphatic rings. The fraction of sp³-hybridized carbons (Fsp3) is 0.190. The highest BCUT2D eigenvalue weighted by Gasteiger charge is 2.28. The second-order valence-corrected chi connectivity index (χ2v) is 6.55. The number of nitrogens with zero attached hydrogens (tertiary/aromatic N) is 3. The molecule has 3 aromatic rings. The zero-order valence-corrected chi connectivity index (χ0v) is 14.9. The summed E-state index contributed by atoms with van der Waals surface area (Å²) in [5.74, 6) is -0.00453. The number of benzene rings is 2. The molecular formula is C21H19FN4O. The van der Waals surface area contributed by atoms with Crippen LogP contribution in [0.3, 0.4) is 0 Å². The standard InChI is InChI=1S/C21H19FN4O/c1-14-19-11-17(22)8-7-15(19)9-10-26(14)20(27)16-12-23-21(24-13-16)25-18-5-3-2-4-6-18/h2-8,11-14H,9-10H2,1H3,(H,23,24,25). The summed E-state index contributed by atoms with van der Waals surface area (Å²) < 4.78 is 13.6. The molecule has 0 spiro atoms. The van der Waals surface area contributed by atoms with E-state index >= 15 is 0 Å². The molecule has 0 fully saturated rings. The van der Waals surface area contributed by atoms with Crippen molar-refractivity contribution in [3.63, 3.8) is 0 Å². The van der Waals surface area contributed by atoms with Crippen molar-refractivity contribution in [3.05, 3.63) is 83.4 Å². The fourth-order valence-corrected chi connectivity index (χ4v) is 3.38. The van der Waals surface area contributed by atoms with Gasteiger partial charge in [0.05, 0.1) is 11.6 Å². The number of para-hydroxylation sites is 1. The first-order chi connectivity index (χ1) is 13.1. The molecule has 0 aliphatic carbocycles. The Bertz CT molecular complexity index is 960. The number of hydrogen-bond acceptors (Lipinski definition) is 4. The molecule has 136 valence electrons. The molecule has 1 amide bonds. The molecule has 0 radical (unpaired) electrons. The van der Waals surface area contributed by atoms with Crippen molar-refractivity contribution in [2.24, 2.45) is 0 Å². The first kappa shape index (κ1) is 17.1. The lowest BCUT2D eigenvalue weighted by Gasteiger charge is -2.35. The van der Waals surface area contributed by atoms with Crippen LogP contribution in [0.15, 0.2) is 60.9 Å². The first-order valence-corrected chi connectivity index (χ1v) is 8.85. The molecule has 6 heteroatoms. The summed E-state index contributed by atoms with van der Waals surface area (Å²) in [6, 6.07) is 14.2. The van der Waals surface area contributed by atoms with Gasteiger partial charge >= 0.3 is 0 Å². The van der Waals surface area contributed by atoms with Gasteiger partial charge in [-0.2, -0.15) is 0 Å². The minimum Gasteiger partial charge on any atom is -0.331 e. The summed E-state index contributed by atoms with van der Waals surface area (Å²) in [4.78, 5) is 23.1. The minimum absolute atomic E-state index is 0.149. The summed E-state index contributed by atoms with van der Waals surface area (Å²) in [5, 5.41) is 3.09. The number of rotatable bonds is 3. The molecule has 1 aliphatic heterocycles. The van der Waals surface area contributed by atoms with Crippen LogP contribution in [0.5, 0.6) is 0 Å². The van der Waals surface area contributed by atoms with E-state index in [0.29, 0.717) is 24.5 Å². The van der Waals surface area contributed by atoms with Crippen molar-refractivity contribution >= 4 is 17.5 Å². The van der Waals surface area contributed by atoms with E-state index in [0.717, 1.165) is 16.8 Å². The molecule has 1 unspecified atom stereocenters. The Labute approximate surface area is 156 Å². The fourth-order valence-electron chi connectivity index (χ4n) is 3.38. The number of hydrogen-bond donors (Lipinski definition) is 1. The first-order valence-electron chi connectivity index (χ1n) is 8.85. The van der Waals surface area contributed by atoms with E-state index in [1.807, 2.05) is 37.3 Å². The summed E-state index contributed by atoms with van der Waals surface area (Å²) in [5.41, 5.74) is 3.24. The van der Waals surface area contributed by atoms with Gasteiger partial charge in [0.25, 0.3) is 5.91 Å². The van der Waals surface area contributed by atoms with Gasteiger partial charge in [-0.25, -0.2) is 14.4 Å². The van der Waals surface area contributed by atoms with Gasteiger partial charge in [-0.3, -0.25) is 4.79 Å². The van der Waals surface area contributed by atoms with Crippen molar-refractivity contribution in [2.45, 2.75) is 19.4 Å². The molecule has 1 atom stereocenters. The highest BCUT2D eigenvalue weighted by atomic mass is 19.1. The van der Waals surface area contributed by atoms with Gasteiger partial charge in [0, 0.05) is 24.6 Å². The molecule has 5 nitrogen and oxygen atoms in total. The van der Waals surface area contributed by atoms with Gasteiger partial charge in [0.15, 0.2) is 0 Å². The monoisotopic (exact) mass is 362 g/mol. The highest BCUT2D eigenvalue weighted by molar-refractivity contribution is 5.94. The summed E-state index contributed by atoms with van der Waals surface area (Å²) >= 11 is 0. The Kier molecular flexibility index (Phi) is 4.54. The molecule has 1 N–H and O–H groups in total. The third kappa shape index (κ3) is 3.51. The zero-order chi connectivity index (χ0) is 18.8. The number of fused-ring (bicyclic) bond motifs is 1. The van der Waals surface area contributed by atoms with E-state index in [1.165, 1.54) is 24.5 Å². The number of carbonyl (C=O) groups is 1. The molecule has 0 saturated heterocycles. The van der Waals surface area contributed by atoms with Crippen LogP contribution in [0.2, 0.25) is 0 Å². The van der Waals surface area contributed by atoms with Crippen LogP contribution in [0.4, 0.5) is 16.0 Å². The number of nitrogens with one attached hydrogen (secondary N) is 1. The lowest BCUT2D eigenvalue weighted by Crippen LogP contribution is -2.39. The Hall–Kier alpha value is -3.28. The van der Waals surface area contributed by atoms with E-state index in [2.05, 4.69) is 15.3 Å². The topological polar surface area (TPSA) is 58.1 Å². The van der Waals surface area contributed by atoms with E-state index in [9.17, 15) is 9.18 Å². The van der Waals surface area contributed by atoms with Gasteiger partial charge in [0.1, 0.15) is 5.82 Å². The van der Waals surface area contributed by atoms with Crippen LogP contribution in [0, 0.1) is 5.82 Å². The van der Waals surface area contributed by atoms with Gasteiger partial charge in [-0.05, 0) is 48.7 Å². The van der Waals surface area contributed by atoms with Crippen LogP contribution in [0.1, 0.15) is 34.5 Å². The second kappa shape index (κ2) is 7.15. The van der Waals surface area contributed by atoms with Crippen LogP contribution >= 0.6 is 0 Å². The van der Waals surface area contributed by atoms with Crippen molar-refractivity contribution in [2.75, 3.05) is 11.9 Å². The summed E-state index contributed by atoms with van der Waals surface area (Å²) in [6.07, 6.45) is 3.75. The highest BCUT2D eigenvalue weighted by Crippen LogP contribution is 2.31. The molecule has 1 aromatic heterocycles. The number of halogens is 1. The van der Waals surface area contributed by atoms with Crippen molar-refractivity contribution in [3.8, 4) is 0 Å². The van der Waals surface area contributed by atoms with Gasteiger partial charge in [-0.1, -0.05) is 24.3 Å². The number of aromatic nitrogens is 2. The van der Waals surface area contributed by atoms with Crippen LogP contribution in [-0.2, 0) is 6.42 Å². The lowest BCUT2D eigenvalue weighted by molar-refractivity contribution is 0.0676. The van der Waals surface area contributed by atoms with Gasteiger partial charge in [0.2, 0.25) is 5.95 Å². The smallest absolute Gasteiger partial charge is 0.257 e. The van der Waals surface area contributed by atoms with Crippen molar-refractivity contribution in [1.82, 2.24) is 14.9 Å². The molecule has 2 aromatic carbocycles. The quantitative estimate of drug-likeness (QED) is 0.761. The Morgan fingerprint density at radius 3 is 2.63 bits per heavy atom. The predicted octanol–water partition coefficient (Wildman–Crippen LogP) is 4.12. The summed E-state index contributed by atoms with van der Waals surface area (Å²) in [7, 11) is 0. The zero-order valence-electron chi connectivity index (χ0n) is 14.9. The molecule has 0 bridgehead atoms. The number of amides is 1. The van der Waals surface area contributed by atoms with Crippen LogP contribution in [0.25, 0.3) is 0 Å². The van der Waals surface area contributed by atoms with E-state index in [4.69, 9.17) is 0 Å². The van der Waals surface area contributed by atoms with E-state index < -0.39 is 0 Å². The average Bonchev–Trinajstić information content (AvgIpc) is 2.70. The maximum absolute atomic E-state index is 13.6. The third-order valence-electron chi connectivity index (χ3n) is 4.84. The Morgan fingerprint density at radius 1 is 1.15 bits per heavy atom. The van der Waals surface area contributed by atoms with Crippen LogP contribution in [-0.4, -0.2) is 27.3 Å². The van der Waals surface area contributed by atoms with Crippen molar-refractivity contribution < 1.29 is 9.18 Å². The Morgan fingerprint density at radius 2 is 1.89 bits per heavy atom. The van der Waals surface area contributed by atoms with Crippen molar-refractivity contribution in [1.29, 1.82) is 0 Å². The number of anilines is 2. The normalized spacial score (nSPS) is 15.9. The lowest BCUT2D eigenvalue weighted by atomic mass is 9.93. The SMILES string of the molecule is CC1c2cc(F)ccc2CCN1C(=O)c1cnc(Nc2ccccc2)nc1. The van der Waals surface area contributed by atoms with Crippen LogP contribution < -0.4 is 5.32 Å². The maximum Gasteiger partial charge on any atom is 0.257 e. The number of carbonyl (C=O) groups excluding carboxylic acids is 1. The average molecular weight is 362 g/mol. The third-order valence-corrected chi connectivity index (χ3v) is 4.84. The molecule has 4 rings (SSSR count). The second-order valence-electron chi connectivity index (χ2n) is 6.55. The van der Waals surface area contributed by atoms with Gasteiger partial charge < -0.3 is 10.2 Å². The molecule has 0 saturated carbocycles. The van der Waals surface area contributed by atoms with E-state index in [1.54, 1.807) is 11.0 Å². The predicted molar refractivity (Wildman–Crippen MR) is 101 cm³/mol. The summed E-state index contributed by atoms with van der Waals surface area (Å²) in [6.45, 7) is 2.50. The molecule has 27 heavy (non-hydrogen) atoms. The minimum atomic E-state index is -0.283.